The molecule has 4 nitrogen and oxygen atoms in total. The summed E-state index contributed by atoms with van der Waals surface area (Å²) in [5.74, 6) is 0.656. The highest BCUT2D eigenvalue weighted by atomic mass is 15.2. The van der Waals surface area contributed by atoms with Crippen LogP contribution in [-0.4, -0.2) is 18.9 Å². The third-order valence-electron chi connectivity index (χ3n) is 11.8. The van der Waals surface area contributed by atoms with Gasteiger partial charge in [-0.05, 0) is 81.2 Å². The van der Waals surface area contributed by atoms with Crippen LogP contribution in [0.2, 0.25) is 0 Å². The molecule has 0 atom stereocenters. The number of rotatable bonds is 4. The number of aromatic nitrogens is 4. The summed E-state index contributed by atoms with van der Waals surface area (Å²) in [5.41, 5.74) is 9.91. The molecule has 0 bridgehead atoms. The lowest BCUT2D eigenvalue weighted by Gasteiger charge is -2.14. The molecular formula is C51H32N4. The van der Waals surface area contributed by atoms with Crippen LogP contribution in [0.3, 0.4) is 0 Å². The second-order valence-electron chi connectivity index (χ2n) is 14.6. The first-order valence-corrected chi connectivity index (χ1v) is 18.8. The Kier molecular flexibility index (Phi) is 6.10. The van der Waals surface area contributed by atoms with Gasteiger partial charge in [-0.15, -0.1) is 0 Å². The van der Waals surface area contributed by atoms with Gasteiger partial charge in [-0.1, -0.05) is 134 Å². The summed E-state index contributed by atoms with van der Waals surface area (Å²) in [6.45, 7) is 6.24. The molecule has 0 saturated carbocycles. The van der Waals surface area contributed by atoms with Crippen LogP contribution in [0.5, 0.6) is 0 Å². The largest absolute Gasteiger partial charge is 0.308 e. The van der Waals surface area contributed by atoms with Crippen LogP contribution in [0, 0.1) is 6.92 Å². The Morgan fingerprint density at radius 3 is 2.00 bits per heavy atom. The monoisotopic (exact) mass is 700 g/mol. The topological polar surface area (TPSA) is 35.1 Å². The molecule has 256 valence electrons. The maximum Gasteiger partial charge on any atom is 0.235 e. The van der Waals surface area contributed by atoms with Gasteiger partial charge in [0.1, 0.15) is 0 Å². The highest BCUT2D eigenvalue weighted by Crippen LogP contribution is 2.47. The SMILES string of the molecule is C=C/C=C\c1c(C)c2cc3c4ccccc4n(-c4nc(-c5ccc6ccccc6c5)c5c(ccc6ccccc65)n4)c3c3c4c5ccccc5ccc4n1c23. The zero-order valence-electron chi connectivity index (χ0n) is 30.1. The molecule has 4 aromatic heterocycles. The quantitative estimate of drug-likeness (QED) is 0.135. The van der Waals surface area contributed by atoms with Crippen molar-refractivity contribution < 1.29 is 0 Å². The van der Waals surface area contributed by atoms with Gasteiger partial charge in [-0.3, -0.25) is 4.57 Å². The highest BCUT2D eigenvalue weighted by Gasteiger charge is 2.27. The van der Waals surface area contributed by atoms with Crippen molar-refractivity contribution in [1.82, 2.24) is 18.9 Å². The van der Waals surface area contributed by atoms with Crippen LogP contribution in [-0.2, 0) is 0 Å². The fraction of sp³-hybridized carbons (Fsp3) is 0.0196. The first-order chi connectivity index (χ1) is 27.2. The lowest BCUT2D eigenvalue weighted by molar-refractivity contribution is 1.02. The maximum absolute atomic E-state index is 5.65. The number of allylic oxidation sites excluding steroid dienone is 2. The Labute approximate surface area is 315 Å². The van der Waals surface area contributed by atoms with E-state index in [-0.39, 0.29) is 0 Å². The van der Waals surface area contributed by atoms with E-state index in [0.717, 1.165) is 38.6 Å². The predicted molar refractivity (Wildman–Crippen MR) is 233 cm³/mol. The molecular weight excluding hydrogens is 669 g/mol. The molecule has 12 aromatic rings. The molecule has 0 unspecified atom stereocenters. The standard InChI is InChI=1S/C51H32N4/c1-3-4-20-42-30(2)39-29-40-38-19-11-12-21-43(38)55(50(40)47-46-37-18-10-8-15-33(37)25-27-44(46)54(42)49(39)47)51-52-41-26-24-32-14-7-9-17-36(32)45(41)48(53-51)35-23-22-31-13-5-6-16-34(31)28-35/h3-29H,1H2,2H3/b20-4-. The van der Waals surface area contributed by atoms with Crippen molar-refractivity contribution in [2.75, 3.05) is 0 Å². The highest BCUT2D eigenvalue weighted by molar-refractivity contribution is 6.34. The number of benzene rings is 8. The van der Waals surface area contributed by atoms with Gasteiger partial charge in [0, 0.05) is 43.6 Å². The average molecular weight is 701 g/mol. The van der Waals surface area contributed by atoms with Gasteiger partial charge < -0.3 is 4.40 Å². The Hall–Kier alpha value is -7.30. The van der Waals surface area contributed by atoms with Gasteiger partial charge >= 0.3 is 0 Å². The van der Waals surface area contributed by atoms with Gasteiger partial charge in [0.15, 0.2) is 0 Å². The first-order valence-electron chi connectivity index (χ1n) is 18.8. The van der Waals surface area contributed by atoms with Gasteiger partial charge in [0.25, 0.3) is 0 Å². The molecule has 0 aliphatic rings. The first kappa shape index (κ1) is 30.2. The minimum absolute atomic E-state index is 0.656. The van der Waals surface area contributed by atoms with Crippen LogP contribution in [0.25, 0.3) is 115 Å². The van der Waals surface area contributed by atoms with Crippen molar-refractivity contribution in [3.8, 4) is 17.2 Å². The molecule has 0 aliphatic heterocycles. The average Bonchev–Trinajstić information content (AvgIpc) is 3.86. The van der Waals surface area contributed by atoms with Crippen LogP contribution >= 0.6 is 0 Å². The number of para-hydroxylation sites is 1. The van der Waals surface area contributed by atoms with E-state index < -0.39 is 0 Å². The lowest BCUT2D eigenvalue weighted by Crippen LogP contribution is -2.04. The Bertz CT molecular complexity index is 3630. The molecule has 0 aliphatic carbocycles. The van der Waals surface area contributed by atoms with Crippen molar-refractivity contribution in [3.63, 3.8) is 0 Å². The Morgan fingerprint density at radius 2 is 1.20 bits per heavy atom. The van der Waals surface area contributed by atoms with E-state index in [4.69, 9.17) is 9.97 Å². The molecule has 0 N–H and O–H groups in total. The molecule has 0 spiro atoms. The van der Waals surface area contributed by atoms with E-state index in [1.54, 1.807) is 0 Å². The minimum atomic E-state index is 0.656. The number of hydrogen-bond acceptors (Lipinski definition) is 2. The third-order valence-corrected chi connectivity index (χ3v) is 11.8. The summed E-state index contributed by atoms with van der Waals surface area (Å²) < 4.78 is 4.79. The van der Waals surface area contributed by atoms with E-state index in [1.807, 2.05) is 12.2 Å². The van der Waals surface area contributed by atoms with Crippen LogP contribution in [0.1, 0.15) is 11.3 Å². The summed E-state index contributed by atoms with van der Waals surface area (Å²) in [7, 11) is 0. The molecule has 0 amide bonds. The van der Waals surface area contributed by atoms with E-state index >= 15 is 0 Å². The molecule has 8 aromatic carbocycles. The van der Waals surface area contributed by atoms with Gasteiger partial charge in [0.2, 0.25) is 5.95 Å². The second kappa shape index (κ2) is 11.1. The van der Waals surface area contributed by atoms with E-state index in [0.29, 0.717) is 5.95 Å². The van der Waals surface area contributed by atoms with Crippen molar-refractivity contribution in [2.45, 2.75) is 6.92 Å². The Balaban J connectivity index is 1.31. The van der Waals surface area contributed by atoms with E-state index in [2.05, 4.69) is 174 Å². The Morgan fingerprint density at radius 1 is 0.527 bits per heavy atom. The van der Waals surface area contributed by atoms with Gasteiger partial charge in [-0.2, -0.15) is 0 Å². The van der Waals surface area contributed by atoms with Crippen molar-refractivity contribution in [1.29, 1.82) is 0 Å². The smallest absolute Gasteiger partial charge is 0.235 e. The number of aryl methyl sites for hydroxylation is 1. The molecule has 0 fully saturated rings. The zero-order valence-corrected chi connectivity index (χ0v) is 30.1. The van der Waals surface area contributed by atoms with Crippen molar-refractivity contribution in [3.05, 3.63) is 176 Å². The number of hydrogen-bond donors (Lipinski definition) is 0. The summed E-state index contributed by atoms with van der Waals surface area (Å²) in [5, 5.41) is 14.3. The zero-order chi connectivity index (χ0) is 36.4. The van der Waals surface area contributed by atoms with Crippen LogP contribution < -0.4 is 0 Å². The normalized spacial score (nSPS) is 12.5. The molecule has 0 radical (unpaired) electrons. The number of fused-ring (bicyclic) bond motifs is 13. The summed E-state index contributed by atoms with van der Waals surface area (Å²) >= 11 is 0. The molecule has 4 heterocycles. The summed E-state index contributed by atoms with van der Waals surface area (Å²) in [6, 6.07) is 52.6. The lowest BCUT2D eigenvalue weighted by atomic mass is 9.98. The van der Waals surface area contributed by atoms with Crippen molar-refractivity contribution >= 4 is 98.3 Å². The molecule has 12 rings (SSSR count). The molecule has 0 saturated heterocycles. The van der Waals surface area contributed by atoms with Gasteiger partial charge in [-0.25, -0.2) is 9.97 Å². The third kappa shape index (κ3) is 4.05. The molecule has 55 heavy (non-hydrogen) atoms. The second-order valence-corrected chi connectivity index (χ2v) is 14.6. The van der Waals surface area contributed by atoms with Crippen LogP contribution in [0.15, 0.2) is 164 Å². The predicted octanol–water partition coefficient (Wildman–Crippen LogP) is 13.4. The fourth-order valence-corrected chi connectivity index (χ4v) is 9.36. The maximum atomic E-state index is 5.65. The summed E-state index contributed by atoms with van der Waals surface area (Å²) in [4.78, 5) is 11.1. The van der Waals surface area contributed by atoms with E-state index in [1.165, 1.54) is 76.2 Å². The fourth-order valence-electron chi connectivity index (χ4n) is 9.36. The van der Waals surface area contributed by atoms with E-state index in [9.17, 15) is 0 Å². The molecule has 4 heteroatoms. The van der Waals surface area contributed by atoms with Gasteiger partial charge in [0.05, 0.1) is 33.3 Å². The van der Waals surface area contributed by atoms with Crippen molar-refractivity contribution in [2.24, 2.45) is 0 Å². The van der Waals surface area contributed by atoms with Crippen LogP contribution in [0.4, 0.5) is 0 Å². The minimum Gasteiger partial charge on any atom is -0.308 e. The summed E-state index contributed by atoms with van der Waals surface area (Å²) in [6.07, 6.45) is 6.09. The number of nitrogens with zero attached hydrogens (tertiary/aromatic N) is 4.